The van der Waals surface area contributed by atoms with Gasteiger partial charge in [-0.3, -0.25) is 9.59 Å². The number of benzene rings is 1. The Morgan fingerprint density at radius 3 is 2.82 bits per heavy atom. The maximum absolute atomic E-state index is 13.2. The first-order chi connectivity index (χ1) is 13.6. The lowest BCUT2D eigenvalue weighted by atomic mass is 9.97. The Balaban J connectivity index is 1.46. The van der Waals surface area contributed by atoms with Crippen molar-refractivity contribution in [3.8, 4) is 0 Å². The monoisotopic (exact) mass is 399 g/mol. The van der Waals surface area contributed by atoms with Crippen molar-refractivity contribution < 1.29 is 14.0 Å². The second kappa shape index (κ2) is 7.72. The summed E-state index contributed by atoms with van der Waals surface area (Å²) in [4.78, 5) is 27.1. The number of aromatic nitrogens is 1. The van der Waals surface area contributed by atoms with Gasteiger partial charge in [0, 0.05) is 37.6 Å². The second-order valence-corrected chi connectivity index (χ2v) is 7.56. The molecule has 1 aliphatic rings. The summed E-state index contributed by atoms with van der Waals surface area (Å²) in [6, 6.07) is 11.1. The van der Waals surface area contributed by atoms with E-state index in [2.05, 4.69) is 5.32 Å². The zero-order chi connectivity index (χ0) is 19.7. The van der Waals surface area contributed by atoms with E-state index in [0.717, 1.165) is 23.7 Å². The Kier molecular flexibility index (Phi) is 5.13. The average molecular weight is 400 g/mol. The van der Waals surface area contributed by atoms with Gasteiger partial charge in [-0.15, -0.1) is 0 Å². The molecule has 0 aliphatic carbocycles. The highest BCUT2D eigenvalue weighted by Gasteiger charge is 2.29. The zero-order valence-electron chi connectivity index (χ0n) is 15.7. The van der Waals surface area contributed by atoms with Crippen LogP contribution in [0.4, 0.5) is 0 Å². The lowest BCUT2D eigenvalue weighted by molar-refractivity contribution is 0.0661. The molecule has 1 aromatic carbocycles. The van der Waals surface area contributed by atoms with E-state index in [1.807, 2.05) is 40.8 Å². The molecule has 3 aromatic rings. The van der Waals surface area contributed by atoms with E-state index < -0.39 is 0 Å². The van der Waals surface area contributed by atoms with E-state index in [1.54, 1.807) is 12.1 Å². The number of aryl methyl sites for hydroxylation is 1. The van der Waals surface area contributed by atoms with Gasteiger partial charge in [-0.25, -0.2) is 0 Å². The normalized spacial score (nSPS) is 17.1. The van der Waals surface area contributed by atoms with Crippen LogP contribution in [0.2, 0.25) is 5.02 Å². The fourth-order valence-electron chi connectivity index (χ4n) is 3.88. The van der Waals surface area contributed by atoms with Crippen LogP contribution in [0.3, 0.4) is 0 Å². The van der Waals surface area contributed by atoms with Gasteiger partial charge in [-0.05, 0) is 37.0 Å². The first-order valence-corrected chi connectivity index (χ1v) is 9.78. The van der Waals surface area contributed by atoms with Crippen LogP contribution >= 0.6 is 11.6 Å². The first kappa shape index (κ1) is 18.6. The summed E-state index contributed by atoms with van der Waals surface area (Å²) >= 11 is 6.54. The molecule has 1 N–H and O–H groups in total. The largest absolute Gasteiger partial charge is 0.459 e. The lowest BCUT2D eigenvalue weighted by Crippen LogP contribution is -2.44. The highest BCUT2D eigenvalue weighted by Crippen LogP contribution is 2.31. The Morgan fingerprint density at radius 1 is 1.25 bits per heavy atom. The van der Waals surface area contributed by atoms with Crippen molar-refractivity contribution in [3.05, 3.63) is 59.1 Å². The number of carbonyl (C=O) groups is 2. The molecule has 7 heteroatoms. The fourth-order valence-corrected chi connectivity index (χ4v) is 4.25. The van der Waals surface area contributed by atoms with Crippen LogP contribution in [0, 0.1) is 5.92 Å². The molecule has 2 amide bonds. The van der Waals surface area contributed by atoms with Crippen LogP contribution in [0.1, 0.15) is 33.9 Å². The van der Waals surface area contributed by atoms with Crippen LogP contribution in [0.5, 0.6) is 0 Å². The number of amides is 2. The summed E-state index contributed by atoms with van der Waals surface area (Å²) in [5.74, 6) is 0.201. The zero-order valence-corrected chi connectivity index (χ0v) is 16.4. The van der Waals surface area contributed by atoms with Gasteiger partial charge in [0.25, 0.3) is 11.8 Å². The maximum atomic E-state index is 13.2. The van der Waals surface area contributed by atoms with Gasteiger partial charge in [0.05, 0.1) is 11.3 Å². The standard InChI is InChI=1S/C21H22ClN3O3/c1-24-16-8-3-2-7-15(16)18(22)19(24)21(27)25-10-4-6-14(13-25)12-23-20(26)17-9-5-11-28-17/h2-3,5,7-9,11,14H,4,6,10,12-13H2,1H3,(H,23,26). The maximum Gasteiger partial charge on any atom is 0.286 e. The number of furan rings is 1. The van der Waals surface area contributed by atoms with E-state index in [9.17, 15) is 9.59 Å². The molecule has 1 aliphatic heterocycles. The number of piperidine rings is 1. The molecule has 0 saturated carbocycles. The Morgan fingerprint density at radius 2 is 2.07 bits per heavy atom. The van der Waals surface area contributed by atoms with Crippen molar-refractivity contribution in [2.45, 2.75) is 12.8 Å². The SMILES string of the molecule is Cn1c(C(=O)N2CCCC(CNC(=O)c3ccco3)C2)c(Cl)c2ccccc21. The van der Waals surface area contributed by atoms with E-state index in [1.165, 1.54) is 6.26 Å². The van der Waals surface area contributed by atoms with Crippen LogP contribution < -0.4 is 5.32 Å². The van der Waals surface area contributed by atoms with Gasteiger partial charge in [-0.2, -0.15) is 0 Å². The molecule has 146 valence electrons. The van der Waals surface area contributed by atoms with E-state index in [-0.39, 0.29) is 17.7 Å². The van der Waals surface area contributed by atoms with Crippen molar-refractivity contribution in [2.24, 2.45) is 13.0 Å². The summed E-state index contributed by atoms with van der Waals surface area (Å²) < 4.78 is 6.98. The molecule has 1 saturated heterocycles. The van der Waals surface area contributed by atoms with Gasteiger partial charge in [0.2, 0.25) is 0 Å². The predicted octanol–water partition coefficient (Wildman–Crippen LogP) is 3.71. The van der Waals surface area contributed by atoms with Crippen molar-refractivity contribution in [1.29, 1.82) is 0 Å². The Labute approximate surface area is 168 Å². The molecule has 2 aromatic heterocycles. The highest BCUT2D eigenvalue weighted by atomic mass is 35.5. The second-order valence-electron chi connectivity index (χ2n) is 7.19. The van der Waals surface area contributed by atoms with Gasteiger partial charge < -0.3 is 19.2 Å². The van der Waals surface area contributed by atoms with Gasteiger partial charge >= 0.3 is 0 Å². The Hall–Kier alpha value is -2.73. The van der Waals surface area contributed by atoms with Gasteiger partial charge in [0.15, 0.2) is 5.76 Å². The topological polar surface area (TPSA) is 67.5 Å². The molecular formula is C21H22ClN3O3. The molecule has 0 radical (unpaired) electrons. The number of rotatable bonds is 4. The van der Waals surface area contributed by atoms with Crippen LogP contribution in [-0.4, -0.2) is 40.9 Å². The number of para-hydroxylation sites is 1. The highest BCUT2D eigenvalue weighted by molar-refractivity contribution is 6.38. The summed E-state index contributed by atoms with van der Waals surface area (Å²) in [7, 11) is 1.87. The van der Waals surface area contributed by atoms with Crippen LogP contribution in [-0.2, 0) is 7.05 Å². The number of fused-ring (bicyclic) bond motifs is 1. The molecule has 3 heterocycles. The number of likely N-dealkylation sites (tertiary alicyclic amines) is 1. The quantitative estimate of drug-likeness (QED) is 0.727. The third-order valence-corrected chi connectivity index (χ3v) is 5.73. The summed E-state index contributed by atoms with van der Waals surface area (Å²) in [5.41, 5.74) is 1.46. The molecule has 1 atom stereocenters. The Bertz CT molecular complexity index is 971. The molecule has 0 spiro atoms. The molecule has 4 rings (SSSR count). The third kappa shape index (κ3) is 3.40. The minimum Gasteiger partial charge on any atom is -0.459 e. The number of nitrogens with one attached hydrogen (secondary N) is 1. The smallest absolute Gasteiger partial charge is 0.286 e. The lowest BCUT2D eigenvalue weighted by Gasteiger charge is -2.33. The molecule has 0 bridgehead atoms. The minimum atomic E-state index is -0.231. The van der Waals surface area contributed by atoms with Crippen LogP contribution in [0.15, 0.2) is 47.1 Å². The van der Waals surface area contributed by atoms with Crippen LogP contribution in [0.25, 0.3) is 10.9 Å². The number of nitrogens with zero attached hydrogens (tertiary/aromatic N) is 2. The third-order valence-electron chi connectivity index (χ3n) is 5.35. The number of carbonyl (C=O) groups excluding carboxylic acids is 2. The number of hydrogen-bond donors (Lipinski definition) is 1. The summed E-state index contributed by atoms with van der Waals surface area (Å²) in [6.07, 6.45) is 3.34. The van der Waals surface area contributed by atoms with E-state index >= 15 is 0 Å². The molecule has 6 nitrogen and oxygen atoms in total. The molecule has 1 fully saturated rings. The first-order valence-electron chi connectivity index (χ1n) is 9.40. The minimum absolute atomic E-state index is 0.0641. The summed E-state index contributed by atoms with van der Waals surface area (Å²) in [6.45, 7) is 1.79. The average Bonchev–Trinajstić information content (AvgIpc) is 3.34. The van der Waals surface area contributed by atoms with E-state index in [0.29, 0.717) is 36.1 Å². The fraction of sp³-hybridized carbons (Fsp3) is 0.333. The van der Waals surface area contributed by atoms with Gasteiger partial charge in [-0.1, -0.05) is 29.8 Å². The van der Waals surface area contributed by atoms with Crippen molar-refractivity contribution in [2.75, 3.05) is 19.6 Å². The number of hydrogen-bond acceptors (Lipinski definition) is 3. The van der Waals surface area contributed by atoms with Crippen molar-refractivity contribution >= 4 is 34.3 Å². The van der Waals surface area contributed by atoms with Crippen molar-refractivity contribution in [3.63, 3.8) is 0 Å². The molecule has 1 unspecified atom stereocenters. The predicted molar refractivity (Wildman–Crippen MR) is 108 cm³/mol. The van der Waals surface area contributed by atoms with E-state index in [4.69, 9.17) is 16.0 Å². The van der Waals surface area contributed by atoms with Crippen molar-refractivity contribution in [1.82, 2.24) is 14.8 Å². The number of halogens is 1. The molecule has 28 heavy (non-hydrogen) atoms. The van der Waals surface area contributed by atoms with Gasteiger partial charge in [0.1, 0.15) is 5.69 Å². The molecular weight excluding hydrogens is 378 g/mol. The summed E-state index contributed by atoms with van der Waals surface area (Å²) in [5, 5.41) is 4.28.